The highest BCUT2D eigenvalue weighted by atomic mass is 127. The summed E-state index contributed by atoms with van der Waals surface area (Å²) < 4.78 is 49.5. The minimum Gasteiger partial charge on any atom is -0.223 e. The molecule has 0 aliphatic carbocycles. The van der Waals surface area contributed by atoms with E-state index in [0.29, 0.717) is 0 Å². The van der Waals surface area contributed by atoms with Gasteiger partial charge in [-0.05, 0) is 24.3 Å². The van der Waals surface area contributed by atoms with Crippen LogP contribution in [0.4, 0.5) is 0 Å². The first-order valence-electron chi connectivity index (χ1n) is 5.89. The van der Waals surface area contributed by atoms with Crippen molar-refractivity contribution in [2.24, 2.45) is 0 Å². The fourth-order valence-electron chi connectivity index (χ4n) is 1.58. The maximum absolute atomic E-state index is 12.6. The average molecular weight is 436 g/mol. The number of sulfone groups is 2. The van der Waals surface area contributed by atoms with Crippen LogP contribution < -0.4 is 0 Å². The molecule has 0 N–H and O–H groups in total. The maximum atomic E-state index is 12.6. The van der Waals surface area contributed by atoms with Crippen LogP contribution in [0.5, 0.6) is 0 Å². The monoisotopic (exact) mass is 436 g/mol. The Bertz CT molecular complexity index is 856. The maximum Gasteiger partial charge on any atom is 0.222 e. The van der Waals surface area contributed by atoms with Crippen LogP contribution in [-0.2, 0) is 19.7 Å². The fraction of sp³-hybridized carbons (Fsp3) is 0.0714. The molecular formula is C14H13IO4S2. The number of rotatable bonds is 4. The summed E-state index contributed by atoms with van der Waals surface area (Å²) in [5.41, 5.74) is 0. The SMILES string of the molecule is CS(=O)(=O)C(=Ic1ccccc1)S(=O)(=O)c1ccccc1. The van der Waals surface area contributed by atoms with Crippen LogP contribution >= 0.6 is 20.7 Å². The highest BCUT2D eigenvalue weighted by molar-refractivity contribution is 14.2. The van der Waals surface area contributed by atoms with Crippen LogP contribution in [0.1, 0.15) is 0 Å². The van der Waals surface area contributed by atoms with Crippen molar-refractivity contribution in [3.63, 3.8) is 0 Å². The van der Waals surface area contributed by atoms with Crippen LogP contribution in [-0.4, -0.2) is 25.3 Å². The van der Waals surface area contributed by atoms with Crippen LogP contribution in [0.3, 0.4) is 0 Å². The predicted molar refractivity (Wildman–Crippen MR) is 92.6 cm³/mol. The second kappa shape index (κ2) is 6.37. The molecule has 0 aromatic heterocycles. The van der Waals surface area contributed by atoms with E-state index in [2.05, 4.69) is 0 Å². The highest BCUT2D eigenvalue weighted by Crippen LogP contribution is 2.24. The van der Waals surface area contributed by atoms with E-state index < -0.39 is 40.4 Å². The first-order valence-corrected chi connectivity index (χ1v) is 11.4. The summed E-state index contributed by atoms with van der Waals surface area (Å²) in [6, 6.07) is 16.5. The van der Waals surface area contributed by atoms with E-state index in [1.807, 2.05) is 0 Å². The standard InChI is InChI=1S/C14H13IO4S2/c1-20(16,17)14(15-12-8-4-2-5-9-12)21(18,19)13-10-6-3-7-11-13/h2-11H,1H3. The molecule has 0 fully saturated rings. The molecule has 0 saturated heterocycles. The first kappa shape index (κ1) is 16.3. The molecule has 2 aromatic rings. The summed E-state index contributed by atoms with van der Waals surface area (Å²) in [5, 5.41) is 0. The molecule has 0 radical (unpaired) electrons. The van der Waals surface area contributed by atoms with E-state index in [0.717, 1.165) is 9.83 Å². The second-order valence-electron chi connectivity index (χ2n) is 4.22. The van der Waals surface area contributed by atoms with Gasteiger partial charge in [0.15, 0.2) is 12.0 Å². The van der Waals surface area contributed by atoms with E-state index in [1.165, 1.54) is 12.1 Å². The molecular weight excluding hydrogens is 423 g/mol. The van der Waals surface area contributed by atoms with Crippen molar-refractivity contribution in [3.05, 3.63) is 64.2 Å². The third-order valence-corrected chi connectivity index (χ3v) is 12.9. The van der Waals surface area contributed by atoms with Crippen molar-refractivity contribution < 1.29 is 16.8 Å². The van der Waals surface area contributed by atoms with Gasteiger partial charge < -0.3 is 0 Å². The van der Waals surface area contributed by atoms with Crippen LogP contribution in [0.2, 0.25) is 0 Å². The molecule has 0 saturated carbocycles. The molecule has 0 spiro atoms. The van der Waals surface area contributed by atoms with Gasteiger partial charge in [0.25, 0.3) is 0 Å². The van der Waals surface area contributed by atoms with Crippen molar-refractivity contribution in [1.29, 1.82) is 0 Å². The van der Waals surface area contributed by atoms with E-state index in [4.69, 9.17) is 0 Å². The minimum atomic E-state index is -3.98. The first-order chi connectivity index (χ1) is 9.82. The largest absolute Gasteiger partial charge is 0.223 e. The lowest BCUT2D eigenvalue weighted by atomic mass is 10.4. The number of hydrogen-bond donors (Lipinski definition) is 0. The van der Waals surface area contributed by atoms with E-state index >= 15 is 0 Å². The number of benzene rings is 2. The van der Waals surface area contributed by atoms with E-state index in [1.54, 1.807) is 48.5 Å². The van der Waals surface area contributed by atoms with Crippen LogP contribution in [0.15, 0.2) is 65.6 Å². The smallest absolute Gasteiger partial charge is 0.222 e. The molecule has 112 valence electrons. The molecule has 0 amide bonds. The zero-order chi connectivity index (χ0) is 15.5. The summed E-state index contributed by atoms with van der Waals surface area (Å²) in [5.74, 6) is 0. The average Bonchev–Trinajstić information content (AvgIpc) is 2.45. The minimum absolute atomic E-state index is 0.0149. The summed E-state index contributed by atoms with van der Waals surface area (Å²) in [6.45, 7) is 0. The van der Waals surface area contributed by atoms with Gasteiger partial charge in [-0.15, -0.1) is 0 Å². The number of hydrogen-bond acceptors (Lipinski definition) is 4. The Morgan fingerprint density at radius 2 is 1.29 bits per heavy atom. The molecule has 0 heterocycles. The topological polar surface area (TPSA) is 68.3 Å². The third-order valence-electron chi connectivity index (χ3n) is 2.48. The Morgan fingerprint density at radius 1 is 0.810 bits per heavy atom. The van der Waals surface area contributed by atoms with Gasteiger partial charge >= 0.3 is 0 Å². The van der Waals surface area contributed by atoms with Crippen molar-refractivity contribution in [2.75, 3.05) is 6.26 Å². The predicted octanol–water partition coefficient (Wildman–Crippen LogP) is 2.43. The second-order valence-corrected chi connectivity index (χ2v) is 12.6. The van der Waals surface area contributed by atoms with Gasteiger partial charge in [-0.2, -0.15) is 0 Å². The summed E-state index contributed by atoms with van der Waals surface area (Å²) in [4.78, 5) is 0.0149. The van der Waals surface area contributed by atoms with Gasteiger partial charge in [-0.25, -0.2) is 16.8 Å². The third kappa shape index (κ3) is 3.98. The van der Waals surface area contributed by atoms with Gasteiger partial charge in [0.2, 0.25) is 9.84 Å². The Kier molecular flexibility index (Phi) is 4.95. The van der Waals surface area contributed by atoms with E-state index in [9.17, 15) is 16.8 Å². The summed E-state index contributed by atoms with van der Waals surface area (Å²) in [6.07, 6.45) is 0.950. The zero-order valence-electron chi connectivity index (χ0n) is 11.1. The quantitative estimate of drug-likeness (QED) is 0.691. The molecule has 0 atom stereocenters. The van der Waals surface area contributed by atoms with Gasteiger partial charge in [-0.1, -0.05) is 57.1 Å². The molecule has 0 aliphatic rings. The highest BCUT2D eigenvalue weighted by Gasteiger charge is 2.29. The Labute approximate surface area is 134 Å². The molecule has 21 heavy (non-hydrogen) atoms. The van der Waals surface area contributed by atoms with Crippen LogP contribution in [0.25, 0.3) is 0 Å². The normalized spacial score (nSPS) is 13.5. The lowest BCUT2D eigenvalue weighted by Gasteiger charge is -2.07. The molecule has 2 aromatic carbocycles. The molecule has 7 heteroatoms. The number of halogens is 1. The summed E-state index contributed by atoms with van der Waals surface area (Å²) >= 11 is -1.30. The van der Waals surface area contributed by atoms with Crippen molar-refractivity contribution >= 4 is 42.6 Å². The lowest BCUT2D eigenvalue weighted by Crippen LogP contribution is -2.22. The Morgan fingerprint density at radius 3 is 1.76 bits per heavy atom. The van der Waals surface area contributed by atoms with Crippen molar-refractivity contribution in [1.82, 2.24) is 0 Å². The van der Waals surface area contributed by atoms with Gasteiger partial charge in [0.05, 0.1) is 4.90 Å². The molecule has 0 aliphatic heterocycles. The summed E-state index contributed by atoms with van der Waals surface area (Å²) in [7, 11) is -7.77. The molecule has 0 unspecified atom stereocenters. The Hall–Kier alpha value is -1.06. The molecule has 0 bridgehead atoms. The van der Waals surface area contributed by atoms with Crippen molar-refractivity contribution in [3.8, 4) is 0 Å². The fourth-order valence-corrected chi connectivity index (χ4v) is 9.72. The zero-order valence-corrected chi connectivity index (χ0v) is 14.9. The lowest BCUT2D eigenvalue weighted by molar-refractivity contribution is 0.606. The van der Waals surface area contributed by atoms with Gasteiger partial charge in [0, 0.05) is 9.83 Å². The van der Waals surface area contributed by atoms with Crippen molar-refractivity contribution in [2.45, 2.75) is 4.90 Å². The van der Waals surface area contributed by atoms with Crippen LogP contribution in [0, 0.1) is 3.57 Å². The molecule has 2 rings (SSSR count). The van der Waals surface area contributed by atoms with Gasteiger partial charge in [0.1, 0.15) is 0 Å². The molecule has 4 nitrogen and oxygen atoms in total. The van der Waals surface area contributed by atoms with E-state index in [-0.39, 0.29) is 7.07 Å². The Balaban J connectivity index is 2.66. The van der Waals surface area contributed by atoms with Gasteiger partial charge in [-0.3, -0.25) is 0 Å².